The molecule has 0 radical (unpaired) electrons. The molecule has 0 aliphatic carbocycles. The van der Waals surface area contributed by atoms with Crippen LogP contribution in [-0.4, -0.2) is 24.9 Å². The number of nitrogens with zero attached hydrogens (tertiary/aromatic N) is 2. The predicted molar refractivity (Wildman–Crippen MR) is 105 cm³/mol. The normalized spacial score (nSPS) is 15.5. The second-order valence-electron chi connectivity index (χ2n) is 6.24. The first kappa shape index (κ1) is 17.7. The highest BCUT2D eigenvalue weighted by Crippen LogP contribution is 2.23. The molecule has 5 nitrogen and oxygen atoms in total. The molecule has 1 saturated heterocycles. The van der Waals surface area contributed by atoms with Gasteiger partial charge >= 0.3 is 0 Å². The van der Waals surface area contributed by atoms with Crippen molar-refractivity contribution >= 4 is 29.3 Å². The lowest BCUT2D eigenvalue weighted by Crippen LogP contribution is -2.35. The summed E-state index contributed by atoms with van der Waals surface area (Å²) in [6, 6.07) is 15.3. The Morgan fingerprint density at radius 1 is 0.962 bits per heavy atom. The van der Waals surface area contributed by atoms with Gasteiger partial charge in [0.05, 0.1) is 5.69 Å². The van der Waals surface area contributed by atoms with E-state index < -0.39 is 0 Å². The Balaban J connectivity index is 1.83. The number of hydrogen-bond donors (Lipinski definition) is 1. The zero-order chi connectivity index (χ0) is 18.7. The first-order valence-electron chi connectivity index (χ1n) is 8.82. The summed E-state index contributed by atoms with van der Waals surface area (Å²) in [5.41, 5.74) is 6.46. The van der Waals surface area contributed by atoms with Crippen LogP contribution in [0, 0.1) is 6.92 Å². The van der Waals surface area contributed by atoms with Gasteiger partial charge < -0.3 is 4.90 Å². The van der Waals surface area contributed by atoms with Gasteiger partial charge in [0.2, 0.25) is 0 Å². The molecule has 1 aliphatic heterocycles. The van der Waals surface area contributed by atoms with Crippen molar-refractivity contribution in [3.05, 3.63) is 65.2 Å². The Bertz CT molecular complexity index is 835. The minimum atomic E-state index is -0.386. The summed E-state index contributed by atoms with van der Waals surface area (Å²) in [7, 11) is 0. The number of nitrogens with one attached hydrogen (secondary N) is 1. The van der Waals surface area contributed by atoms with Gasteiger partial charge in [-0.2, -0.15) is 0 Å². The van der Waals surface area contributed by atoms with Crippen LogP contribution in [0.2, 0.25) is 0 Å². The van der Waals surface area contributed by atoms with Gasteiger partial charge in [-0.05, 0) is 56.7 Å². The first-order valence-corrected chi connectivity index (χ1v) is 8.82. The fraction of sp³-hybridized carbons (Fsp3) is 0.238. The van der Waals surface area contributed by atoms with E-state index in [0.29, 0.717) is 5.69 Å². The Kier molecular flexibility index (Phi) is 5.07. The third kappa shape index (κ3) is 3.47. The van der Waals surface area contributed by atoms with E-state index in [1.807, 2.05) is 55.5 Å². The van der Waals surface area contributed by atoms with Crippen molar-refractivity contribution in [1.29, 1.82) is 0 Å². The average molecular weight is 349 g/mol. The van der Waals surface area contributed by atoms with Gasteiger partial charge in [0.25, 0.3) is 11.8 Å². The molecule has 1 heterocycles. The zero-order valence-electron chi connectivity index (χ0n) is 15.3. The number of benzene rings is 2. The fourth-order valence-electron chi connectivity index (χ4n) is 2.97. The van der Waals surface area contributed by atoms with E-state index in [1.165, 1.54) is 5.01 Å². The summed E-state index contributed by atoms with van der Waals surface area (Å²) >= 11 is 0. The molecule has 1 aliphatic rings. The number of hydrazine groups is 1. The molecule has 0 atom stereocenters. The molecule has 0 unspecified atom stereocenters. The molecule has 0 aromatic heterocycles. The van der Waals surface area contributed by atoms with Crippen LogP contribution in [0.15, 0.2) is 54.1 Å². The topological polar surface area (TPSA) is 52.7 Å². The zero-order valence-corrected chi connectivity index (χ0v) is 15.3. The number of amides is 2. The van der Waals surface area contributed by atoms with Crippen LogP contribution in [0.5, 0.6) is 0 Å². The van der Waals surface area contributed by atoms with Crippen LogP contribution in [0.25, 0.3) is 6.08 Å². The van der Waals surface area contributed by atoms with E-state index in [0.717, 1.165) is 29.9 Å². The van der Waals surface area contributed by atoms with Crippen molar-refractivity contribution in [3.63, 3.8) is 0 Å². The van der Waals surface area contributed by atoms with Gasteiger partial charge in [-0.25, -0.2) is 5.01 Å². The van der Waals surface area contributed by atoms with E-state index in [1.54, 1.807) is 6.08 Å². The lowest BCUT2D eigenvalue weighted by molar-refractivity contribution is -0.117. The van der Waals surface area contributed by atoms with Crippen molar-refractivity contribution in [2.24, 2.45) is 0 Å². The molecule has 1 N–H and O–H groups in total. The Morgan fingerprint density at radius 2 is 1.58 bits per heavy atom. The van der Waals surface area contributed by atoms with Crippen molar-refractivity contribution in [2.45, 2.75) is 20.8 Å². The summed E-state index contributed by atoms with van der Waals surface area (Å²) in [4.78, 5) is 27.1. The van der Waals surface area contributed by atoms with E-state index in [4.69, 9.17) is 0 Å². The number of carbonyl (C=O) groups is 2. The van der Waals surface area contributed by atoms with Crippen LogP contribution >= 0.6 is 0 Å². The Morgan fingerprint density at radius 3 is 2.15 bits per heavy atom. The van der Waals surface area contributed by atoms with Gasteiger partial charge in [0, 0.05) is 18.8 Å². The minimum absolute atomic E-state index is 0.140. The fourth-order valence-corrected chi connectivity index (χ4v) is 2.97. The first-order chi connectivity index (χ1) is 12.5. The second-order valence-corrected chi connectivity index (χ2v) is 6.24. The Hall–Kier alpha value is -3.08. The summed E-state index contributed by atoms with van der Waals surface area (Å²) < 4.78 is 0. The predicted octanol–water partition coefficient (Wildman–Crippen LogP) is 3.30. The van der Waals surface area contributed by atoms with Crippen LogP contribution in [0.1, 0.15) is 25.0 Å². The van der Waals surface area contributed by atoms with Crippen molar-refractivity contribution in [1.82, 2.24) is 5.43 Å². The maximum Gasteiger partial charge on any atom is 0.282 e. The highest BCUT2D eigenvalue weighted by Gasteiger charge is 2.34. The molecule has 134 valence electrons. The SMILES string of the molecule is CCN(CC)c1ccc(/C=C2/C(=O)NN(c3ccc(C)cc3)C2=O)cc1. The number of rotatable bonds is 5. The van der Waals surface area contributed by atoms with Gasteiger partial charge in [-0.15, -0.1) is 0 Å². The molecule has 0 spiro atoms. The molecule has 0 saturated carbocycles. The molecule has 5 heteroatoms. The largest absolute Gasteiger partial charge is 0.372 e. The van der Waals surface area contributed by atoms with Crippen LogP contribution in [-0.2, 0) is 9.59 Å². The third-order valence-electron chi connectivity index (χ3n) is 4.52. The summed E-state index contributed by atoms with van der Waals surface area (Å²) in [6.07, 6.45) is 1.64. The van der Waals surface area contributed by atoms with E-state index in [2.05, 4.69) is 24.2 Å². The summed E-state index contributed by atoms with van der Waals surface area (Å²) in [5, 5.41) is 1.29. The number of carbonyl (C=O) groups excluding carboxylic acids is 2. The van der Waals surface area contributed by atoms with E-state index in [9.17, 15) is 9.59 Å². The molecule has 2 aromatic rings. The van der Waals surface area contributed by atoms with Crippen molar-refractivity contribution in [2.75, 3.05) is 23.0 Å². The molecule has 0 bridgehead atoms. The number of anilines is 2. The van der Waals surface area contributed by atoms with Crippen LogP contribution < -0.4 is 15.3 Å². The molecule has 3 rings (SSSR count). The maximum atomic E-state index is 12.6. The molecule has 2 aromatic carbocycles. The van der Waals surface area contributed by atoms with Gasteiger partial charge in [0.15, 0.2) is 0 Å². The minimum Gasteiger partial charge on any atom is -0.372 e. The maximum absolute atomic E-state index is 12.6. The molecular weight excluding hydrogens is 326 g/mol. The monoisotopic (exact) mass is 349 g/mol. The van der Waals surface area contributed by atoms with Crippen molar-refractivity contribution < 1.29 is 9.59 Å². The molecular formula is C21H23N3O2. The van der Waals surface area contributed by atoms with Crippen molar-refractivity contribution in [3.8, 4) is 0 Å². The number of aryl methyl sites for hydroxylation is 1. The Labute approximate surface area is 153 Å². The van der Waals surface area contributed by atoms with Crippen LogP contribution in [0.3, 0.4) is 0 Å². The van der Waals surface area contributed by atoms with Crippen LogP contribution in [0.4, 0.5) is 11.4 Å². The van der Waals surface area contributed by atoms with E-state index >= 15 is 0 Å². The average Bonchev–Trinajstić information content (AvgIpc) is 2.93. The van der Waals surface area contributed by atoms with Gasteiger partial charge in [-0.3, -0.25) is 15.0 Å². The lowest BCUT2D eigenvalue weighted by atomic mass is 10.1. The highest BCUT2D eigenvalue weighted by molar-refractivity contribution is 6.31. The molecule has 26 heavy (non-hydrogen) atoms. The van der Waals surface area contributed by atoms with Gasteiger partial charge in [-0.1, -0.05) is 29.8 Å². The quantitative estimate of drug-likeness (QED) is 0.666. The highest BCUT2D eigenvalue weighted by atomic mass is 16.2. The molecule has 2 amide bonds. The smallest absolute Gasteiger partial charge is 0.282 e. The lowest BCUT2D eigenvalue weighted by Gasteiger charge is -2.20. The summed E-state index contributed by atoms with van der Waals surface area (Å²) in [6.45, 7) is 8.06. The van der Waals surface area contributed by atoms with E-state index in [-0.39, 0.29) is 17.4 Å². The second kappa shape index (κ2) is 7.44. The standard InChI is InChI=1S/C21H23N3O2/c1-4-23(5-2)17-12-8-16(9-13-17)14-19-20(25)22-24(21(19)26)18-10-6-15(3)7-11-18/h6-14H,4-5H2,1-3H3,(H,22,25)/b19-14-. The number of hydrogen-bond acceptors (Lipinski definition) is 3. The summed E-state index contributed by atoms with van der Waals surface area (Å²) in [5.74, 6) is -0.727. The third-order valence-corrected chi connectivity index (χ3v) is 4.52. The molecule has 1 fully saturated rings. The van der Waals surface area contributed by atoms with Gasteiger partial charge in [0.1, 0.15) is 5.57 Å².